The average Bonchev–Trinajstić information content (AvgIpc) is 3.20. The number of ketones is 1. The van der Waals surface area contributed by atoms with Gasteiger partial charge in [0.15, 0.2) is 5.78 Å². The number of allylic oxidation sites excluding steroid dienone is 6. The number of aliphatic carboxylic acids is 2. The van der Waals surface area contributed by atoms with Crippen LogP contribution in [0.5, 0.6) is 0 Å². The van der Waals surface area contributed by atoms with Gasteiger partial charge in [-0.1, -0.05) is 49.3 Å². The average molecular weight is 521 g/mol. The third-order valence-corrected chi connectivity index (χ3v) is 9.08. The Balaban J connectivity index is 1.33. The molecule has 2 saturated heterocycles. The fourth-order valence-corrected chi connectivity index (χ4v) is 6.75. The Hall–Kier alpha value is -2.77. The summed E-state index contributed by atoms with van der Waals surface area (Å²) in [6, 6.07) is 0. The van der Waals surface area contributed by atoms with Crippen molar-refractivity contribution in [2.24, 2.45) is 10.8 Å². The van der Waals surface area contributed by atoms with E-state index < -0.39 is 22.8 Å². The summed E-state index contributed by atoms with van der Waals surface area (Å²) in [5.41, 5.74) is -0.237. The van der Waals surface area contributed by atoms with Crippen LogP contribution in [0, 0.1) is 10.8 Å². The molecule has 204 valence electrons. The first kappa shape index (κ1) is 26.8. The lowest BCUT2D eigenvalue weighted by atomic mass is 9.76. The first-order valence-corrected chi connectivity index (χ1v) is 14.4. The molecule has 2 N–H and O–H groups in total. The quantitative estimate of drug-likeness (QED) is 0.437. The second-order valence-electron chi connectivity index (χ2n) is 11.6. The number of carbonyl (C=O) groups excluding carboxylic acids is 1. The van der Waals surface area contributed by atoms with Crippen LogP contribution in [0.1, 0.15) is 64.2 Å². The molecule has 0 aromatic rings. The number of carboxylic acids is 2. The molecule has 2 fully saturated rings. The second kappa shape index (κ2) is 11.1. The highest BCUT2D eigenvalue weighted by molar-refractivity contribution is 6.21. The van der Waals surface area contributed by atoms with Crippen LogP contribution in [-0.4, -0.2) is 77.0 Å². The standard InChI is InChI=1S/C31H40N2O5/c34-27-25-21-30(28(35)36,11-7-19-32-15-3-1-4-16-32)13-9-23(25)24-10-14-31(29(37)38,22-26(24)27)12-8-20-33-17-5-2-6-18-33/h9-10,13-14,21-22H,1-8,11-12,15-20H2,(H,35,36)(H,37,38). The summed E-state index contributed by atoms with van der Waals surface area (Å²) >= 11 is 0. The van der Waals surface area contributed by atoms with Crippen molar-refractivity contribution in [2.45, 2.75) is 64.2 Å². The van der Waals surface area contributed by atoms with E-state index in [0.29, 0.717) is 35.1 Å². The van der Waals surface area contributed by atoms with Gasteiger partial charge in [0.25, 0.3) is 0 Å². The van der Waals surface area contributed by atoms with Gasteiger partial charge in [0, 0.05) is 11.1 Å². The molecule has 2 aliphatic heterocycles. The molecular formula is C31H40N2O5. The number of carbonyl (C=O) groups is 3. The van der Waals surface area contributed by atoms with Crippen LogP contribution in [0.25, 0.3) is 0 Å². The smallest absolute Gasteiger partial charge is 0.317 e. The number of piperidine rings is 2. The maximum Gasteiger partial charge on any atom is 0.317 e. The van der Waals surface area contributed by atoms with Gasteiger partial charge in [0.1, 0.15) is 10.8 Å². The van der Waals surface area contributed by atoms with Gasteiger partial charge in [-0.05, 0) is 102 Å². The molecular weight excluding hydrogens is 480 g/mol. The van der Waals surface area contributed by atoms with Crippen molar-refractivity contribution in [3.8, 4) is 0 Å². The Kier molecular flexibility index (Phi) is 7.87. The van der Waals surface area contributed by atoms with E-state index in [1.807, 2.05) is 0 Å². The zero-order chi connectivity index (χ0) is 26.8. The predicted octanol–water partition coefficient (Wildman–Crippen LogP) is 4.53. The highest BCUT2D eigenvalue weighted by atomic mass is 16.4. The number of Topliss-reactive ketones (excluding diaryl/α,β-unsaturated/α-hetero) is 1. The van der Waals surface area contributed by atoms with E-state index in [0.717, 1.165) is 52.1 Å². The number of hydrogen-bond acceptors (Lipinski definition) is 5. The largest absolute Gasteiger partial charge is 0.480 e. The van der Waals surface area contributed by atoms with E-state index in [4.69, 9.17) is 0 Å². The van der Waals surface area contributed by atoms with Crippen LogP contribution in [0.4, 0.5) is 0 Å². The van der Waals surface area contributed by atoms with Gasteiger partial charge in [-0.2, -0.15) is 0 Å². The minimum atomic E-state index is -1.22. The molecule has 5 rings (SSSR count). The number of carboxylic acid groups (broad SMARTS) is 2. The summed E-state index contributed by atoms with van der Waals surface area (Å²) in [6.07, 6.45) is 19.9. The Bertz CT molecular complexity index is 1050. The van der Waals surface area contributed by atoms with Gasteiger partial charge in [0.2, 0.25) is 0 Å². The first-order valence-electron chi connectivity index (χ1n) is 14.4. The molecule has 2 heterocycles. The highest BCUT2D eigenvalue weighted by Gasteiger charge is 2.45. The van der Waals surface area contributed by atoms with Crippen LogP contribution in [0.15, 0.2) is 58.7 Å². The molecule has 0 amide bonds. The van der Waals surface area contributed by atoms with E-state index >= 15 is 0 Å². The fraction of sp³-hybridized carbons (Fsp3) is 0.581. The van der Waals surface area contributed by atoms with Crippen LogP contribution < -0.4 is 0 Å². The molecule has 0 aromatic heterocycles. The van der Waals surface area contributed by atoms with Gasteiger partial charge in [0.05, 0.1) is 0 Å². The number of hydrogen-bond donors (Lipinski definition) is 2. The number of rotatable bonds is 10. The molecule has 38 heavy (non-hydrogen) atoms. The fourth-order valence-electron chi connectivity index (χ4n) is 6.75. The van der Waals surface area contributed by atoms with Crippen molar-refractivity contribution in [1.29, 1.82) is 0 Å². The van der Waals surface area contributed by atoms with Crippen LogP contribution in [0.3, 0.4) is 0 Å². The molecule has 2 atom stereocenters. The molecule has 0 spiro atoms. The molecule has 0 saturated carbocycles. The van der Waals surface area contributed by atoms with E-state index in [1.165, 1.54) is 38.5 Å². The monoisotopic (exact) mass is 520 g/mol. The zero-order valence-corrected chi connectivity index (χ0v) is 22.3. The van der Waals surface area contributed by atoms with Gasteiger partial charge >= 0.3 is 11.9 Å². The Morgan fingerprint density at radius 2 is 1.08 bits per heavy atom. The van der Waals surface area contributed by atoms with E-state index in [9.17, 15) is 24.6 Å². The van der Waals surface area contributed by atoms with Gasteiger partial charge in [-0.25, -0.2) is 0 Å². The number of nitrogens with zero attached hydrogens (tertiary/aromatic N) is 2. The second-order valence-corrected chi connectivity index (χ2v) is 11.6. The Morgan fingerprint density at radius 3 is 1.45 bits per heavy atom. The Labute approximate surface area is 225 Å². The summed E-state index contributed by atoms with van der Waals surface area (Å²) in [5.74, 6) is -2.16. The maximum absolute atomic E-state index is 13.6. The normalized spacial score (nSPS) is 29.6. The molecule has 5 aliphatic rings. The van der Waals surface area contributed by atoms with Crippen molar-refractivity contribution >= 4 is 17.7 Å². The van der Waals surface area contributed by atoms with E-state index in [1.54, 1.807) is 36.5 Å². The van der Waals surface area contributed by atoms with Crippen molar-refractivity contribution in [3.63, 3.8) is 0 Å². The van der Waals surface area contributed by atoms with E-state index in [2.05, 4.69) is 9.80 Å². The van der Waals surface area contributed by atoms with Gasteiger partial charge in [-0.15, -0.1) is 0 Å². The van der Waals surface area contributed by atoms with Crippen molar-refractivity contribution in [3.05, 3.63) is 58.7 Å². The highest BCUT2D eigenvalue weighted by Crippen LogP contribution is 2.47. The minimum Gasteiger partial charge on any atom is -0.480 e. The predicted molar refractivity (Wildman–Crippen MR) is 146 cm³/mol. The summed E-state index contributed by atoms with van der Waals surface area (Å²) in [6.45, 7) is 5.98. The molecule has 3 aliphatic carbocycles. The molecule has 0 aromatic carbocycles. The molecule has 7 heteroatoms. The van der Waals surface area contributed by atoms with Crippen molar-refractivity contribution < 1.29 is 24.6 Å². The first-order chi connectivity index (χ1) is 18.3. The Morgan fingerprint density at radius 1 is 0.684 bits per heavy atom. The molecule has 0 radical (unpaired) electrons. The lowest BCUT2D eigenvalue weighted by molar-refractivity contribution is -0.145. The zero-order valence-electron chi connectivity index (χ0n) is 22.3. The maximum atomic E-state index is 13.6. The SMILES string of the molecule is O=C1C2=CC(CCCN3CCCCC3)(C(=O)O)C=CC2=C2C=CC(CCCN3CCCCC3)(C(=O)O)C=C12. The van der Waals surface area contributed by atoms with Crippen molar-refractivity contribution in [2.75, 3.05) is 39.3 Å². The third-order valence-electron chi connectivity index (χ3n) is 9.08. The third kappa shape index (κ3) is 5.23. The summed E-state index contributed by atoms with van der Waals surface area (Å²) in [5, 5.41) is 20.4. The van der Waals surface area contributed by atoms with Crippen LogP contribution in [0.2, 0.25) is 0 Å². The topological polar surface area (TPSA) is 98.2 Å². The molecule has 7 nitrogen and oxygen atoms in total. The molecule has 0 bridgehead atoms. The summed E-state index contributed by atoms with van der Waals surface area (Å²) in [7, 11) is 0. The lowest BCUT2D eigenvalue weighted by Crippen LogP contribution is -2.34. The van der Waals surface area contributed by atoms with Crippen molar-refractivity contribution in [1.82, 2.24) is 9.80 Å². The van der Waals surface area contributed by atoms with Gasteiger partial charge < -0.3 is 20.0 Å². The lowest BCUT2D eigenvalue weighted by Gasteiger charge is -2.30. The van der Waals surface area contributed by atoms with Crippen LogP contribution >= 0.6 is 0 Å². The van der Waals surface area contributed by atoms with E-state index in [-0.39, 0.29) is 5.78 Å². The number of fused-ring (bicyclic) bond motifs is 2. The van der Waals surface area contributed by atoms with Crippen LogP contribution in [-0.2, 0) is 14.4 Å². The summed E-state index contributed by atoms with van der Waals surface area (Å²) < 4.78 is 0. The van der Waals surface area contributed by atoms with Gasteiger partial charge in [-0.3, -0.25) is 14.4 Å². The molecule has 2 unspecified atom stereocenters. The number of likely N-dealkylation sites (tertiary alicyclic amines) is 2. The minimum absolute atomic E-state index is 0.257. The summed E-state index contributed by atoms with van der Waals surface area (Å²) in [4.78, 5) is 43.3.